The van der Waals surface area contributed by atoms with Crippen LogP contribution >= 0.6 is 11.3 Å². The van der Waals surface area contributed by atoms with Crippen molar-refractivity contribution in [1.82, 2.24) is 14.7 Å². The van der Waals surface area contributed by atoms with Gasteiger partial charge in [-0.3, -0.25) is 10.1 Å². The third-order valence-electron chi connectivity index (χ3n) is 2.49. The molecule has 0 radical (unpaired) electrons. The minimum Gasteiger partial charge on any atom is -0.426 e. The number of aromatic nitrogens is 3. The highest BCUT2D eigenvalue weighted by Gasteiger charge is 2.16. The van der Waals surface area contributed by atoms with Gasteiger partial charge in [-0.1, -0.05) is 0 Å². The molecule has 1 N–H and O–H groups in total. The zero-order valence-corrected chi connectivity index (χ0v) is 9.66. The average molecular weight is 262 g/mol. The summed E-state index contributed by atoms with van der Waals surface area (Å²) in [4.78, 5) is 18.4. The highest BCUT2D eigenvalue weighted by atomic mass is 32.1. The van der Waals surface area contributed by atoms with E-state index in [1.165, 1.54) is 29.5 Å². The second kappa shape index (κ2) is 3.77. The molecule has 0 aliphatic rings. The van der Waals surface area contributed by atoms with Crippen LogP contribution in [0.2, 0.25) is 0 Å². The molecule has 90 valence electrons. The Hall–Kier alpha value is -2.48. The number of hydrogen-bond acceptors (Lipinski definition) is 6. The van der Waals surface area contributed by atoms with Crippen LogP contribution in [0.3, 0.4) is 0 Å². The quantitative estimate of drug-likeness (QED) is 0.434. The molecule has 8 heteroatoms. The van der Waals surface area contributed by atoms with Gasteiger partial charge in [0.2, 0.25) is 0 Å². The van der Waals surface area contributed by atoms with Crippen molar-refractivity contribution in [2.24, 2.45) is 0 Å². The molecule has 0 saturated carbocycles. The summed E-state index contributed by atoms with van der Waals surface area (Å²) in [5.41, 5.74) is 2.85. The Bertz CT molecular complexity index is 735. The Morgan fingerprint density at radius 1 is 1.44 bits per heavy atom. The molecule has 3 aromatic rings. The maximum Gasteiger partial charge on any atom is 0.271 e. The SMILES string of the molecule is O=[N+]([O-])c1ccc2c(c1)nc(-c1cscn1)n2O. The van der Waals surface area contributed by atoms with E-state index in [1.54, 1.807) is 10.9 Å². The van der Waals surface area contributed by atoms with Gasteiger partial charge in [0.25, 0.3) is 5.69 Å². The highest BCUT2D eigenvalue weighted by Crippen LogP contribution is 2.25. The smallest absolute Gasteiger partial charge is 0.271 e. The lowest BCUT2D eigenvalue weighted by Gasteiger charge is -1.96. The molecule has 2 heterocycles. The van der Waals surface area contributed by atoms with E-state index in [4.69, 9.17) is 0 Å². The lowest BCUT2D eigenvalue weighted by atomic mass is 10.3. The Morgan fingerprint density at radius 3 is 2.94 bits per heavy atom. The molecule has 2 aromatic heterocycles. The van der Waals surface area contributed by atoms with Gasteiger partial charge in [-0.05, 0) is 6.07 Å². The summed E-state index contributed by atoms with van der Waals surface area (Å²) in [5, 5.41) is 22.3. The predicted octanol–water partition coefficient (Wildman–Crippen LogP) is 2.31. The van der Waals surface area contributed by atoms with Crippen LogP contribution in [0.1, 0.15) is 0 Å². The fourth-order valence-corrected chi connectivity index (χ4v) is 2.19. The van der Waals surface area contributed by atoms with E-state index in [-0.39, 0.29) is 11.5 Å². The zero-order valence-electron chi connectivity index (χ0n) is 8.85. The Kier molecular flexibility index (Phi) is 2.23. The molecule has 0 spiro atoms. The normalized spacial score (nSPS) is 10.9. The van der Waals surface area contributed by atoms with Crippen LogP contribution in [0.15, 0.2) is 29.1 Å². The molecule has 0 unspecified atom stereocenters. The Labute approximate surface area is 104 Å². The molecule has 0 atom stereocenters. The van der Waals surface area contributed by atoms with Crippen molar-refractivity contribution in [1.29, 1.82) is 0 Å². The number of benzene rings is 1. The molecule has 7 nitrogen and oxygen atoms in total. The lowest BCUT2D eigenvalue weighted by molar-refractivity contribution is -0.384. The molecule has 18 heavy (non-hydrogen) atoms. The number of rotatable bonds is 2. The summed E-state index contributed by atoms with van der Waals surface area (Å²) in [5.74, 6) is 0.270. The maximum atomic E-state index is 10.7. The predicted molar refractivity (Wildman–Crippen MR) is 64.7 cm³/mol. The summed E-state index contributed by atoms with van der Waals surface area (Å²) in [6.07, 6.45) is 0. The van der Waals surface area contributed by atoms with Crippen LogP contribution in [0.5, 0.6) is 0 Å². The maximum absolute atomic E-state index is 10.7. The summed E-state index contributed by atoms with van der Waals surface area (Å²) in [6, 6.07) is 4.09. The fraction of sp³-hybridized carbons (Fsp3) is 0. The van der Waals surface area contributed by atoms with E-state index in [1.807, 2.05) is 0 Å². The van der Waals surface area contributed by atoms with Gasteiger partial charge in [0.05, 0.1) is 16.0 Å². The number of non-ortho nitro benzene ring substituents is 1. The highest BCUT2D eigenvalue weighted by molar-refractivity contribution is 7.07. The molecule has 1 aromatic carbocycles. The number of imidazole rings is 1. The van der Waals surface area contributed by atoms with Gasteiger partial charge in [-0.25, -0.2) is 9.97 Å². The molecule has 0 bridgehead atoms. The second-order valence-corrected chi connectivity index (χ2v) is 4.27. The van der Waals surface area contributed by atoms with Gasteiger partial charge in [0, 0.05) is 17.5 Å². The first-order valence-corrected chi connectivity index (χ1v) is 5.86. The van der Waals surface area contributed by atoms with Crippen LogP contribution in [0.4, 0.5) is 5.69 Å². The van der Waals surface area contributed by atoms with Gasteiger partial charge in [-0.2, -0.15) is 4.73 Å². The molecule has 0 saturated heterocycles. The minimum atomic E-state index is -0.502. The first kappa shape index (κ1) is 10.7. The number of thiazole rings is 1. The van der Waals surface area contributed by atoms with Crippen molar-refractivity contribution in [3.8, 4) is 11.5 Å². The lowest BCUT2D eigenvalue weighted by Crippen LogP contribution is -1.94. The van der Waals surface area contributed by atoms with E-state index in [0.717, 1.165) is 4.73 Å². The van der Waals surface area contributed by atoms with Crippen molar-refractivity contribution in [3.63, 3.8) is 0 Å². The van der Waals surface area contributed by atoms with Crippen molar-refractivity contribution in [2.45, 2.75) is 0 Å². The van der Waals surface area contributed by atoms with Gasteiger partial charge in [-0.15, -0.1) is 11.3 Å². The standard InChI is InChI=1S/C10H6N4O3S/c15-13-9-2-1-6(14(16)17)3-7(9)12-10(13)8-4-18-5-11-8/h1-5,15H. The average Bonchev–Trinajstić information content (AvgIpc) is 2.97. The Balaban J connectivity index is 2.25. The molecular weight excluding hydrogens is 256 g/mol. The second-order valence-electron chi connectivity index (χ2n) is 3.55. The number of nitro groups is 1. The van der Waals surface area contributed by atoms with Crippen LogP contribution in [0.25, 0.3) is 22.6 Å². The molecule has 0 amide bonds. The van der Waals surface area contributed by atoms with Gasteiger partial charge >= 0.3 is 0 Å². The van der Waals surface area contributed by atoms with Crippen LogP contribution in [0, 0.1) is 10.1 Å². The monoisotopic (exact) mass is 262 g/mol. The van der Waals surface area contributed by atoms with E-state index in [0.29, 0.717) is 16.7 Å². The number of nitrogens with zero attached hydrogens (tertiary/aromatic N) is 4. The van der Waals surface area contributed by atoms with Crippen molar-refractivity contribution in [3.05, 3.63) is 39.2 Å². The number of hydrogen-bond donors (Lipinski definition) is 1. The minimum absolute atomic E-state index is 0.0644. The van der Waals surface area contributed by atoms with Crippen molar-refractivity contribution >= 4 is 28.1 Å². The topological polar surface area (TPSA) is 94.1 Å². The van der Waals surface area contributed by atoms with E-state index >= 15 is 0 Å². The van der Waals surface area contributed by atoms with Crippen LogP contribution in [-0.4, -0.2) is 24.8 Å². The van der Waals surface area contributed by atoms with E-state index in [9.17, 15) is 15.3 Å². The van der Waals surface area contributed by atoms with Crippen LogP contribution in [-0.2, 0) is 0 Å². The molecule has 0 aliphatic heterocycles. The van der Waals surface area contributed by atoms with Crippen molar-refractivity contribution < 1.29 is 10.1 Å². The van der Waals surface area contributed by atoms with Gasteiger partial charge in [0.1, 0.15) is 11.2 Å². The first-order chi connectivity index (χ1) is 8.66. The third kappa shape index (κ3) is 1.51. The Morgan fingerprint density at radius 2 is 2.28 bits per heavy atom. The first-order valence-electron chi connectivity index (χ1n) is 4.91. The molecule has 3 rings (SSSR count). The van der Waals surface area contributed by atoms with Gasteiger partial charge in [0.15, 0.2) is 5.82 Å². The summed E-state index contributed by atoms with van der Waals surface area (Å²) in [6.45, 7) is 0. The largest absolute Gasteiger partial charge is 0.426 e. The number of nitro benzene ring substituents is 1. The fourth-order valence-electron chi connectivity index (χ4n) is 1.66. The summed E-state index contributed by atoms with van der Waals surface area (Å²) in [7, 11) is 0. The van der Waals surface area contributed by atoms with Crippen molar-refractivity contribution in [2.75, 3.05) is 0 Å². The zero-order chi connectivity index (χ0) is 12.7. The summed E-state index contributed by atoms with van der Waals surface area (Å²) < 4.78 is 0.883. The molecule has 0 aliphatic carbocycles. The molecular formula is C10H6N4O3S. The third-order valence-corrected chi connectivity index (χ3v) is 3.07. The van der Waals surface area contributed by atoms with E-state index < -0.39 is 4.92 Å². The summed E-state index contributed by atoms with van der Waals surface area (Å²) >= 11 is 1.38. The van der Waals surface area contributed by atoms with E-state index in [2.05, 4.69) is 9.97 Å². The number of fused-ring (bicyclic) bond motifs is 1. The van der Waals surface area contributed by atoms with Gasteiger partial charge < -0.3 is 5.21 Å². The molecule has 0 fully saturated rings. The van der Waals surface area contributed by atoms with Crippen LogP contribution < -0.4 is 0 Å².